The molecular weight excluding hydrogens is 240 g/mol. The molecule has 0 aromatic rings. The highest BCUT2D eigenvalue weighted by atomic mass is 16.2. The molecule has 1 saturated heterocycles. The van der Waals surface area contributed by atoms with Crippen LogP contribution in [0.4, 0.5) is 0 Å². The normalized spacial score (nSPS) is 29.8. The molecule has 1 heterocycles. The number of piperazine rings is 1. The van der Waals surface area contributed by atoms with E-state index in [4.69, 9.17) is 0 Å². The summed E-state index contributed by atoms with van der Waals surface area (Å²) >= 11 is 0. The zero-order valence-corrected chi connectivity index (χ0v) is 12.3. The Morgan fingerprint density at radius 2 is 1.84 bits per heavy atom. The van der Waals surface area contributed by atoms with Crippen molar-refractivity contribution >= 4 is 11.8 Å². The Kier molecular flexibility index (Phi) is 4.48. The lowest BCUT2D eigenvalue weighted by Crippen LogP contribution is -2.66. The Hall–Kier alpha value is -1.06. The molecular formula is C15H26N2O2. The van der Waals surface area contributed by atoms with Crippen LogP contribution in [0.15, 0.2) is 0 Å². The van der Waals surface area contributed by atoms with Crippen molar-refractivity contribution in [2.45, 2.75) is 77.4 Å². The number of carbonyl (C=O) groups is 2. The summed E-state index contributed by atoms with van der Waals surface area (Å²) in [6.45, 7) is 5.97. The molecule has 0 bridgehead atoms. The van der Waals surface area contributed by atoms with E-state index in [-0.39, 0.29) is 29.9 Å². The molecule has 4 nitrogen and oxygen atoms in total. The number of carbonyl (C=O) groups excluding carboxylic acids is 2. The molecule has 2 unspecified atom stereocenters. The Morgan fingerprint density at radius 1 is 1.21 bits per heavy atom. The molecule has 2 rings (SSSR count). The van der Waals surface area contributed by atoms with E-state index in [0.717, 1.165) is 12.8 Å². The first-order valence-corrected chi connectivity index (χ1v) is 7.68. The van der Waals surface area contributed by atoms with Gasteiger partial charge in [-0.05, 0) is 39.0 Å². The van der Waals surface area contributed by atoms with Crippen LogP contribution in [0.1, 0.15) is 59.3 Å². The Labute approximate surface area is 115 Å². The molecule has 0 aromatic carbocycles. The first-order chi connectivity index (χ1) is 9.06. The standard InChI is InChI=1S/C15H26N2O2/c1-4-12-15(19)17(10(2)3)13(14(18)16-12)11-8-6-5-7-9-11/h10-13H,4-9H2,1-3H3,(H,16,18). The Morgan fingerprint density at radius 3 is 2.37 bits per heavy atom. The highest BCUT2D eigenvalue weighted by molar-refractivity contribution is 5.97. The predicted octanol–water partition coefficient (Wildman–Crippen LogP) is 2.08. The van der Waals surface area contributed by atoms with Crippen molar-refractivity contribution in [2.75, 3.05) is 0 Å². The number of amides is 2. The lowest BCUT2D eigenvalue weighted by Gasteiger charge is -2.45. The molecule has 0 aromatic heterocycles. The molecule has 1 aliphatic carbocycles. The summed E-state index contributed by atoms with van der Waals surface area (Å²) in [6.07, 6.45) is 6.46. The average molecular weight is 266 g/mol. The molecule has 2 amide bonds. The van der Waals surface area contributed by atoms with Crippen LogP contribution in [0, 0.1) is 5.92 Å². The topological polar surface area (TPSA) is 49.4 Å². The van der Waals surface area contributed by atoms with Gasteiger partial charge in [-0.1, -0.05) is 26.2 Å². The molecule has 108 valence electrons. The van der Waals surface area contributed by atoms with Crippen LogP contribution < -0.4 is 5.32 Å². The van der Waals surface area contributed by atoms with E-state index in [2.05, 4.69) is 5.32 Å². The number of hydrogen-bond donors (Lipinski definition) is 1. The fourth-order valence-corrected chi connectivity index (χ4v) is 3.51. The Balaban J connectivity index is 2.23. The van der Waals surface area contributed by atoms with Crippen molar-refractivity contribution < 1.29 is 9.59 Å². The van der Waals surface area contributed by atoms with Crippen LogP contribution in [0.25, 0.3) is 0 Å². The third-order valence-electron chi connectivity index (χ3n) is 4.50. The third-order valence-corrected chi connectivity index (χ3v) is 4.50. The minimum atomic E-state index is -0.324. The maximum atomic E-state index is 12.5. The first-order valence-electron chi connectivity index (χ1n) is 7.68. The van der Waals surface area contributed by atoms with Crippen molar-refractivity contribution in [1.29, 1.82) is 0 Å². The first kappa shape index (κ1) is 14.4. The number of rotatable bonds is 3. The van der Waals surface area contributed by atoms with Gasteiger partial charge in [0.1, 0.15) is 12.1 Å². The highest BCUT2D eigenvalue weighted by Gasteiger charge is 2.44. The van der Waals surface area contributed by atoms with E-state index in [1.54, 1.807) is 0 Å². The van der Waals surface area contributed by atoms with Gasteiger partial charge < -0.3 is 10.2 Å². The molecule has 2 atom stereocenters. The molecule has 1 saturated carbocycles. The second-order valence-corrected chi connectivity index (χ2v) is 6.15. The van der Waals surface area contributed by atoms with E-state index >= 15 is 0 Å². The molecule has 0 spiro atoms. The predicted molar refractivity (Wildman–Crippen MR) is 74.6 cm³/mol. The average Bonchev–Trinajstić information content (AvgIpc) is 2.41. The minimum Gasteiger partial charge on any atom is -0.343 e. The smallest absolute Gasteiger partial charge is 0.246 e. The zero-order valence-electron chi connectivity index (χ0n) is 12.3. The molecule has 0 radical (unpaired) electrons. The van der Waals surface area contributed by atoms with Crippen molar-refractivity contribution in [3.05, 3.63) is 0 Å². The monoisotopic (exact) mass is 266 g/mol. The quantitative estimate of drug-likeness (QED) is 0.850. The van der Waals surface area contributed by atoms with Crippen molar-refractivity contribution in [3.63, 3.8) is 0 Å². The van der Waals surface area contributed by atoms with Crippen molar-refractivity contribution in [2.24, 2.45) is 5.92 Å². The van der Waals surface area contributed by atoms with Crippen LogP contribution in [0.3, 0.4) is 0 Å². The third kappa shape index (κ3) is 2.77. The summed E-state index contributed by atoms with van der Waals surface area (Å²) in [5, 5.41) is 2.92. The zero-order chi connectivity index (χ0) is 14.0. The molecule has 2 fully saturated rings. The van der Waals surface area contributed by atoms with Gasteiger partial charge in [-0.2, -0.15) is 0 Å². The summed E-state index contributed by atoms with van der Waals surface area (Å²) in [6, 6.07) is -0.468. The van der Waals surface area contributed by atoms with Gasteiger partial charge in [0.15, 0.2) is 0 Å². The van der Waals surface area contributed by atoms with E-state index in [1.807, 2.05) is 25.7 Å². The van der Waals surface area contributed by atoms with Crippen LogP contribution in [-0.4, -0.2) is 34.8 Å². The lowest BCUT2D eigenvalue weighted by molar-refractivity contribution is -0.154. The molecule has 4 heteroatoms. The second-order valence-electron chi connectivity index (χ2n) is 6.15. The fraction of sp³-hybridized carbons (Fsp3) is 0.867. The SMILES string of the molecule is CCC1NC(=O)C(C2CCCCC2)N(C(C)C)C1=O. The van der Waals surface area contributed by atoms with Gasteiger partial charge in [0.2, 0.25) is 11.8 Å². The van der Waals surface area contributed by atoms with Gasteiger partial charge in [-0.3, -0.25) is 9.59 Å². The summed E-state index contributed by atoms with van der Waals surface area (Å²) < 4.78 is 0. The second kappa shape index (κ2) is 5.93. The molecule has 19 heavy (non-hydrogen) atoms. The Bertz CT molecular complexity index is 348. The molecule has 1 aliphatic heterocycles. The van der Waals surface area contributed by atoms with E-state index in [9.17, 15) is 9.59 Å². The highest BCUT2D eigenvalue weighted by Crippen LogP contribution is 2.32. The van der Waals surface area contributed by atoms with Crippen molar-refractivity contribution in [3.8, 4) is 0 Å². The van der Waals surface area contributed by atoms with Crippen LogP contribution >= 0.6 is 0 Å². The minimum absolute atomic E-state index is 0.0621. The summed E-state index contributed by atoms with van der Waals surface area (Å²) in [5.41, 5.74) is 0. The maximum absolute atomic E-state index is 12.5. The fourth-order valence-electron chi connectivity index (χ4n) is 3.51. The van der Waals surface area contributed by atoms with Gasteiger partial charge in [0.05, 0.1) is 0 Å². The summed E-state index contributed by atoms with van der Waals surface area (Å²) in [4.78, 5) is 26.8. The maximum Gasteiger partial charge on any atom is 0.246 e. The molecule has 2 aliphatic rings. The van der Waals surface area contributed by atoms with E-state index in [0.29, 0.717) is 12.3 Å². The van der Waals surface area contributed by atoms with Crippen molar-refractivity contribution in [1.82, 2.24) is 10.2 Å². The van der Waals surface area contributed by atoms with Gasteiger partial charge in [0.25, 0.3) is 0 Å². The van der Waals surface area contributed by atoms with Crippen LogP contribution in [0.5, 0.6) is 0 Å². The summed E-state index contributed by atoms with van der Waals surface area (Å²) in [5.74, 6) is 0.512. The lowest BCUT2D eigenvalue weighted by atomic mass is 9.81. The van der Waals surface area contributed by atoms with Crippen LogP contribution in [0.2, 0.25) is 0 Å². The van der Waals surface area contributed by atoms with Gasteiger partial charge in [-0.15, -0.1) is 0 Å². The number of nitrogens with one attached hydrogen (secondary N) is 1. The number of nitrogens with zero attached hydrogens (tertiary/aromatic N) is 1. The number of hydrogen-bond acceptors (Lipinski definition) is 2. The van der Waals surface area contributed by atoms with Crippen LogP contribution in [-0.2, 0) is 9.59 Å². The summed E-state index contributed by atoms with van der Waals surface area (Å²) in [7, 11) is 0. The molecule has 1 N–H and O–H groups in total. The van der Waals surface area contributed by atoms with Gasteiger partial charge in [0, 0.05) is 6.04 Å². The largest absolute Gasteiger partial charge is 0.343 e. The van der Waals surface area contributed by atoms with Gasteiger partial charge in [-0.25, -0.2) is 0 Å². The van der Waals surface area contributed by atoms with E-state index < -0.39 is 0 Å². The van der Waals surface area contributed by atoms with E-state index in [1.165, 1.54) is 19.3 Å². The van der Waals surface area contributed by atoms with Gasteiger partial charge >= 0.3 is 0 Å².